The van der Waals surface area contributed by atoms with E-state index < -0.39 is 22.2 Å². The normalized spacial score (nSPS) is 24.9. The molecule has 1 fully saturated rings. The van der Waals surface area contributed by atoms with Crippen molar-refractivity contribution in [3.05, 3.63) is 24.3 Å². The molecule has 4 N–H and O–H groups in total. The summed E-state index contributed by atoms with van der Waals surface area (Å²) in [5.74, 6) is 0. The molecule has 0 saturated heterocycles. The Bertz CT molecular complexity index is 516. The molecule has 5 nitrogen and oxygen atoms in total. The zero-order valence-electron chi connectivity index (χ0n) is 10.0. The summed E-state index contributed by atoms with van der Waals surface area (Å²) < 4.78 is 26.9. The van der Waals surface area contributed by atoms with Gasteiger partial charge in [-0.3, -0.25) is 0 Å². The molecule has 0 aromatic heterocycles. The van der Waals surface area contributed by atoms with Gasteiger partial charge in [-0.1, -0.05) is 25.0 Å². The first-order valence-corrected chi connectivity index (χ1v) is 7.54. The number of nitrogen functional groups attached to an aromatic ring is 1. The predicted molar refractivity (Wildman–Crippen MR) is 69.4 cm³/mol. The van der Waals surface area contributed by atoms with Crippen molar-refractivity contribution in [2.24, 2.45) is 0 Å². The number of sulfonamides is 1. The third-order valence-electron chi connectivity index (χ3n) is 3.24. The number of hydrogen-bond donors (Lipinski definition) is 3. The van der Waals surface area contributed by atoms with Crippen molar-refractivity contribution in [3.8, 4) is 0 Å². The first-order chi connectivity index (χ1) is 8.50. The van der Waals surface area contributed by atoms with Crippen molar-refractivity contribution in [2.45, 2.75) is 42.7 Å². The lowest BCUT2D eigenvalue weighted by molar-refractivity contribution is 0.101. The van der Waals surface area contributed by atoms with Crippen LogP contribution in [0.2, 0.25) is 0 Å². The van der Waals surface area contributed by atoms with Crippen LogP contribution in [-0.2, 0) is 10.0 Å². The Balaban J connectivity index is 2.19. The highest BCUT2D eigenvalue weighted by atomic mass is 32.2. The van der Waals surface area contributed by atoms with E-state index >= 15 is 0 Å². The van der Waals surface area contributed by atoms with Gasteiger partial charge in [-0.15, -0.1) is 0 Å². The minimum atomic E-state index is -3.66. The van der Waals surface area contributed by atoms with Crippen LogP contribution < -0.4 is 10.5 Å². The Morgan fingerprint density at radius 1 is 1.22 bits per heavy atom. The first-order valence-electron chi connectivity index (χ1n) is 6.05. The summed E-state index contributed by atoms with van der Waals surface area (Å²) >= 11 is 0. The molecule has 6 heteroatoms. The van der Waals surface area contributed by atoms with Crippen LogP contribution in [0.5, 0.6) is 0 Å². The van der Waals surface area contributed by atoms with Crippen molar-refractivity contribution in [1.29, 1.82) is 0 Å². The monoisotopic (exact) mass is 270 g/mol. The Hall–Kier alpha value is -1.11. The molecule has 18 heavy (non-hydrogen) atoms. The van der Waals surface area contributed by atoms with E-state index in [0.29, 0.717) is 12.8 Å². The van der Waals surface area contributed by atoms with Gasteiger partial charge in [-0.05, 0) is 25.0 Å². The SMILES string of the molecule is Nc1ccccc1S(=O)(=O)NC1CCCCC1O. The molecule has 1 aromatic carbocycles. The van der Waals surface area contributed by atoms with E-state index in [1.165, 1.54) is 6.07 Å². The Morgan fingerprint density at radius 3 is 2.56 bits per heavy atom. The summed E-state index contributed by atoms with van der Waals surface area (Å²) in [5, 5.41) is 9.79. The van der Waals surface area contributed by atoms with E-state index in [1.807, 2.05) is 0 Å². The average molecular weight is 270 g/mol. The second-order valence-corrected chi connectivity index (χ2v) is 6.30. The van der Waals surface area contributed by atoms with Crippen LogP contribution in [0.3, 0.4) is 0 Å². The van der Waals surface area contributed by atoms with Crippen LogP contribution in [0.25, 0.3) is 0 Å². The van der Waals surface area contributed by atoms with E-state index in [1.54, 1.807) is 18.2 Å². The smallest absolute Gasteiger partial charge is 0.242 e. The summed E-state index contributed by atoms with van der Waals surface area (Å²) in [6.45, 7) is 0. The maximum absolute atomic E-state index is 12.2. The third kappa shape index (κ3) is 2.82. The van der Waals surface area contributed by atoms with Gasteiger partial charge in [0.1, 0.15) is 4.90 Å². The number of anilines is 1. The molecule has 1 aliphatic rings. The molecule has 0 amide bonds. The van der Waals surface area contributed by atoms with Crippen molar-refractivity contribution in [1.82, 2.24) is 4.72 Å². The fraction of sp³-hybridized carbons (Fsp3) is 0.500. The number of aliphatic hydroxyl groups is 1. The Morgan fingerprint density at radius 2 is 1.89 bits per heavy atom. The van der Waals surface area contributed by atoms with Crippen molar-refractivity contribution in [3.63, 3.8) is 0 Å². The van der Waals surface area contributed by atoms with Crippen molar-refractivity contribution in [2.75, 3.05) is 5.73 Å². The maximum atomic E-state index is 12.2. The minimum absolute atomic E-state index is 0.0720. The van der Waals surface area contributed by atoms with Gasteiger partial charge >= 0.3 is 0 Å². The van der Waals surface area contributed by atoms with Gasteiger partial charge in [0.2, 0.25) is 10.0 Å². The van der Waals surface area contributed by atoms with Gasteiger partial charge in [0.05, 0.1) is 11.8 Å². The van der Waals surface area contributed by atoms with Crippen LogP contribution in [0, 0.1) is 0 Å². The Labute approximate surface area is 107 Å². The number of nitrogens with two attached hydrogens (primary N) is 1. The van der Waals surface area contributed by atoms with Crippen LogP contribution in [0.4, 0.5) is 5.69 Å². The lowest BCUT2D eigenvalue weighted by atomic mass is 9.93. The second kappa shape index (κ2) is 5.26. The summed E-state index contributed by atoms with van der Waals surface area (Å²) in [6.07, 6.45) is 2.55. The summed E-state index contributed by atoms with van der Waals surface area (Å²) in [6, 6.07) is 5.91. The van der Waals surface area contributed by atoms with Crippen LogP contribution in [-0.4, -0.2) is 25.7 Å². The van der Waals surface area contributed by atoms with Crippen LogP contribution in [0.15, 0.2) is 29.2 Å². The number of hydrogen-bond acceptors (Lipinski definition) is 4. The zero-order chi connectivity index (χ0) is 13.2. The standard InChI is InChI=1S/C12H18N2O3S/c13-9-5-1-4-8-12(9)18(16,17)14-10-6-2-3-7-11(10)15/h1,4-5,8,10-11,14-15H,2-3,6-7,13H2. The van der Waals surface area contributed by atoms with Gasteiger partial charge < -0.3 is 10.8 Å². The largest absolute Gasteiger partial charge is 0.398 e. The van der Waals surface area contributed by atoms with E-state index in [0.717, 1.165) is 12.8 Å². The lowest BCUT2D eigenvalue weighted by Crippen LogP contribution is -2.45. The first kappa shape index (κ1) is 13.3. The Kier molecular flexibility index (Phi) is 3.89. The van der Waals surface area contributed by atoms with Gasteiger partial charge in [-0.2, -0.15) is 0 Å². The molecule has 1 aliphatic carbocycles. The predicted octanol–water partition coefficient (Wildman–Crippen LogP) is 0.851. The molecule has 100 valence electrons. The fourth-order valence-electron chi connectivity index (χ4n) is 2.24. The molecular weight excluding hydrogens is 252 g/mol. The van der Waals surface area contributed by atoms with E-state index in [2.05, 4.69) is 4.72 Å². The van der Waals surface area contributed by atoms with Gasteiger partial charge in [0, 0.05) is 6.04 Å². The topological polar surface area (TPSA) is 92.4 Å². The van der Waals surface area contributed by atoms with Crippen molar-refractivity contribution >= 4 is 15.7 Å². The number of nitrogens with one attached hydrogen (secondary N) is 1. The van der Waals surface area contributed by atoms with Gasteiger partial charge in [-0.25, -0.2) is 13.1 Å². The second-order valence-electron chi connectivity index (χ2n) is 4.62. The molecule has 1 aromatic rings. The van der Waals surface area contributed by atoms with Crippen LogP contribution in [0.1, 0.15) is 25.7 Å². The lowest BCUT2D eigenvalue weighted by Gasteiger charge is -2.28. The van der Waals surface area contributed by atoms with Crippen molar-refractivity contribution < 1.29 is 13.5 Å². The molecule has 0 radical (unpaired) electrons. The molecule has 0 aliphatic heterocycles. The molecule has 0 heterocycles. The fourth-order valence-corrected chi connectivity index (χ4v) is 3.67. The highest BCUT2D eigenvalue weighted by Gasteiger charge is 2.28. The highest BCUT2D eigenvalue weighted by molar-refractivity contribution is 7.89. The summed E-state index contributed by atoms with van der Waals surface area (Å²) in [5.41, 5.74) is 5.88. The third-order valence-corrected chi connectivity index (χ3v) is 4.81. The number of rotatable bonds is 3. The van der Waals surface area contributed by atoms with E-state index in [4.69, 9.17) is 5.73 Å². The van der Waals surface area contributed by atoms with Crippen LogP contribution >= 0.6 is 0 Å². The van der Waals surface area contributed by atoms with E-state index in [9.17, 15) is 13.5 Å². The molecule has 2 unspecified atom stereocenters. The molecule has 2 rings (SSSR count). The highest BCUT2D eigenvalue weighted by Crippen LogP contribution is 2.22. The van der Waals surface area contributed by atoms with Gasteiger partial charge in [0.25, 0.3) is 0 Å². The molecular formula is C12H18N2O3S. The number of benzene rings is 1. The number of aliphatic hydroxyl groups excluding tert-OH is 1. The summed E-state index contributed by atoms with van der Waals surface area (Å²) in [4.78, 5) is 0.0720. The molecule has 1 saturated carbocycles. The maximum Gasteiger partial charge on any atom is 0.242 e. The minimum Gasteiger partial charge on any atom is -0.398 e. The summed E-state index contributed by atoms with van der Waals surface area (Å²) in [7, 11) is -3.66. The number of para-hydroxylation sites is 1. The van der Waals surface area contributed by atoms with Gasteiger partial charge in [0.15, 0.2) is 0 Å². The molecule has 0 spiro atoms. The van der Waals surface area contributed by atoms with E-state index in [-0.39, 0.29) is 10.6 Å². The molecule has 2 atom stereocenters. The zero-order valence-corrected chi connectivity index (χ0v) is 10.9. The average Bonchev–Trinajstić information content (AvgIpc) is 2.32. The quantitative estimate of drug-likeness (QED) is 0.710. The molecule has 0 bridgehead atoms.